The molecular formula is C24H22ClFN4O3. The van der Waals surface area contributed by atoms with Crippen molar-refractivity contribution >= 4 is 29.3 Å². The van der Waals surface area contributed by atoms with Gasteiger partial charge in [0.1, 0.15) is 24.9 Å². The Morgan fingerprint density at radius 3 is 2.91 bits per heavy atom. The maximum absolute atomic E-state index is 14.6. The Balaban J connectivity index is 1.34. The molecule has 3 aromatic rings. The van der Waals surface area contributed by atoms with Gasteiger partial charge in [-0.3, -0.25) is 4.79 Å². The zero-order chi connectivity index (χ0) is 22.8. The molecule has 170 valence electrons. The van der Waals surface area contributed by atoms with E-state index in [4.69, 9.17) is 21.1 Å². The molecule has 0 saturated carbocycles. The largest absolute Gasteiger partial charge is 0.486 e. The molecule has 1 amide bonds. The molecule has 2 aliphatic rings. The van der Waals surface area contributed by atoms with Crippen LogP contribution in [-0.2, 0) is 17.8 Å². The fourth-order valence-corrected chi connectivity index (χ4v) is 4.32. The normalized spacial score (nSPS) is 15.2. The van der Waals surface area contributed by atoms with Gasteiger partial charge >= 0.3 is 0 Å². The van der Waals surface area contributed by atoms with Crippen molar-refractivity contribution in [1.29, 1.82) is 0 Å². The first kappa shape index (κ1) is 21.5. The highest BCUT2D eigenvalue weighted by Gasteiger charge is 2.19. The van der Waals surface area contributed by atoms with Gasteiger partial charge in [0.05, 0.1) is 10.6 Å². The number of carbonyl (C=O) groups excluding carboxylic acids is 1. The summed E-state index contributed by atoms with van der Waals surface area (Å²) in [5, 5.41) is 11.7. The Kier molecular flexibility index (Phi) is 6.00. The molecule has 0 radical (unpaired) electrons. The summed E-state index contributed by atoms with van der Waals surface area (Å²) >= 11 is 6.25. The standard InChI is InChI=1S/C24H22ClFN4O3/c25-18-12-15(13-20-23(18)33-11-10-32-20)5-8-22(31)27-16-6-7-19(26)17(14-16)24-29-28-21-4-2-1-3-9-30(21)24/h5-8,12-14H,1-4,9-11H2,(H,27,31)/b8-5+. The number of hydrogen-bond acceptors (Lipinski definition) is 5. The Morgan fingerprint density at radius 1 is 1.12 bits per heavy atom. The number of aryl methyl sites for hydroxylation is 1. The molecule has 0 unspecified atom stereocenters. The van der Waals surface area contributed by atoms with Gasteiger partial charge in [0.15, 0.2) is 17.3 Å². The summed E-state index contributed by atoms with van der Waals surface area (Å²) in [7, 11) is 0. The number of anilines is 1. The van der Waals surface area contributed by atoms with E-state index < -0.39 is 5.82 Å². The van der Waals surface area contributed by atoms with Crippen LogP contribution in [-0.4, -0.2) is 33.9 Å². The maximum atomic E-state index is 14.6. The number of hydrogen-bond donors (Lipinski definition) is 1. The maximum Gasteiger partial charge on any atom is 0.248 e. The Morgan fingerprint density at radius 2 is 2.00 bits per heavy atom. The number of halogens is 2. The van der Waals surface area contributed by atoms with E-state index in [1.807, 2.05) is 4.57 Å². The molecule has 2 aliphatic heterocycles. The van der Waals surface area contributed by atoms with Gasteiger partial charge < -0.3 is 19.4 Å². The quantitative estimate of drug-likeness (QED) is 0.552. The first-order valence-electron chi connectivity index (χ1n) is 10.9. The average molecular weight is 469 g/mol. The molecule has 0 fully saturated rings. The van der Waals surface area contributed by atoms with Crippen molar-refractivity contribution in [2.75, 3.05) is 18.5 Å². The van der Waals surface area contributed by atoms with Gasteiger partial charge in [-0.25, -0.2) is 4.39 Å². The van der Waals surface area contributed by atoms with E-state index in [9.17, 15) is 9.18 Å². The first-order chi connectivity index (χ1) is 16.1. The molecule has 0 saturated heterocycles. The van der Waals surface area contributed by atoms with Crippen molar-refractivity contribution in [2.45, 2.75) is 32.2 Å². The topological polar surface area (TPSA) is 78.3 Å². The van der Waals surface area contributed by atoms with Gasteiger partial charge in [0.25, 0.3) is 0 Å². The van der Waals surface area contributed by atoms with Crippen molar-refractivity contribution in [1.82, 2.24) is 14.8 Å². The van der Waals surface area contributed by atoms with Crippen LogP contribution in [0.3, 0.4) is 0 Å². The third kappa shape index (κ3) is 4.57. The van der Waals surface area contributed by atoms with Crippen LogP contribution in [0.4, 0.5) is 10.1 Å². The predicted molar refractivity (Wildman–Crippen MR) is 123 cm³/mol. The number of aromatic nitrogens is 3. The van der Waals surface area contributed by atoms with E-state index in [-0.39, 0.29) is 5.91 Å². The Bertz CT molecular complexity index is 1240. The zero-order valence-electron chi connectivity index (χ0n) is 17.8. The minimum atomic E-state index is -0.408. The van der Waals surface area contributed by atoms with Crippen LogP contribution in [0.2, 0.25) is 5.02 Å². The van der Waals surface area contributed by atoms with Crippen LogP contribution >= 0.6 is 11.6 Å². The van der Waals surface area contributed by atoms with Crippen LogP contribution < -0.4 is 14.8 Å². The Labute approximate surface area is 195 Å². The van der Waals surface area contributed by atoms with E-state index >= 15 is 0 Å². The molecule has 1 N–H and O–H groups in total. The van der Waals surface area contributed by atoms with E-state index in [2.05, 4.69) is 15.5 Å². The minimum Gasteiger partial charge on any atom is -0.486 e. The third-order valence-corrected chi connectivity index (χ3v) is 5.91. The summed E-state index contributed by atoms with van der Waals surface area (Å²) in [4.78, 5) is 12.5. The smallest absolute Gasteiger partial charge is 0.248 e. The number of carbonyl (C=O) groups is 1. The number of rotatable bonds is 4. The van der Waals surface area contributed by atoms with E-state index in [0.717, 1.165) is 38.1 Å². The van der Waals surface area contributed by atoms with Crippen LogP contribution in [0.15, 0.2) is 36.4 Å². The van der Waals surface area contributed by atoms with Crippen LogP contribution in [0.1, 0.15) is 30.7 Å². The lowest BCUT2D eigenvalue weighted by molar-refractivity contribution is -0.111. The summed E-state index contributed by atoms with van der Waals surface area (Å²) in [5.74, 6) is 1.64. The zero-order valence-corrected chi connectivity index (χ0v) is 18.6. The van der Waals surface area contributed by atoms with Crippen molar-refractivity contribution in [3.63, 3.8) is 0 Å². The van der Waals surface area contributed by atoms with Gasteiger partial charge in [-0.1, -0.05) is 18.0 Å². The van der Waals surface area contributed by atoms with Gasteiger partial charge in [-0.2, -0.15) is 0 Å². The Hall–Kier alpha value is -3.39. The number of amides is 1. The predicted octanol–water partition coefficient (Wildman–Crippen LogP) is 4.89. The molecule has 0 aliphatic carbocycles. The van der Waals surface area contributed by atoms with Crippen LogP contribution in [0.25, 0.3) is 17.5 Å². The fourth-order valence-electron chi connectivity index (χ4n) is 4.04. The molecule has 3 heterocycles. The molecule has 1 aromatic heterocycles. The highest BCUT2D eigenvalue weighted by Crippen LogP contribution is 2.38. The summed E-state index contributed by atoms with van der Waals surface area (Å²) in [6.07, 6.45) is 7.01. The van der Waals surface area contributed by atoms with Crippen molar-refractivity contribution in [3.05, 3.63) is 58.6 Å². The molecule has 0 bridgehead atoms. The summed E-state index contributed by atoms with van der Waals surface area (Å²) in [6, 6.07) is 7.89. The number of fused-ring (bicyclic) bond motifs is 2. The first-order valence-corrected chi connectivity index (χ1v) is 11.3. The third-order valence-electron chi connectivity index (χ3n) is 5.63. The molecule has 5 rings (SSSR count). The summed E-state index contributed by atoms with van der Waals surface area (Å²) < 4.78 is 27.7. The second kappa shape index (κ2) is 9.23. The lowest BCUT2D eigenvalue weighted by atomic mass is 10.1. The number of benzene rings is 2. The van der Waals surface area contributed by atoms with Crippen molar-refractivity contribution in [3.8, 4) is 22.9 Å². The summed E-state index contributed by atoms with van der Waals surface area (Å²) in [6.45, 7) is 1.65. The monoisotopic (exact) mass is 468 g/mol. The average Bonchev–Trinajstić information content (AvgIpc) is 3.06. The lowest BCUT2D eigenvalue weighted by Crippen LogP contribution is -2.15. The van der Waals surface area contributed by atoms with Crippen LogP contribution in [0.5, 0.6) is 11.5 Å². The van der Waals surface area contributed by atoms with Crippen molar-refractivity contribution in [2.24, 2.45) is 0 Å². The highest BCUT2D eigenvalue weighted by atomic mass is 35.5. The SMILES string of the molecule is O=C(/C=C/c1cc(Cl)c2c(c1)OCCO2)Nc1ccc(F)c(-c2nnc3n2CCCCC3)c1. The van der Waals surface area contributed by atoms with Gasteiger partial charge in [0.2, 0.25) is 5.91 Å². The minimum absolute atomic E-state index is 0.316. The van der Waals surface area contributed by atoms with Crippen LogP contribution in [0, 0.1) is 5.82 Å². The number of nitrogens with one attached hydrogen (secondary N) is 1. The van der Waals surface area contributed by atoms with Gasteiger partial charge in [-0.05, 0) is 54.8 Å². The van der Waals surface area contributed by atoms with E-state index in [1.165, 1.54) is 18.2 Å². The molecular weight excluding hydrogens is 447 g/mol. The van der Waals surface area contributed by atoms with Crippen molar-refractivity contribution < 1.29 is 18.7 Å². The lowest BCUT2D eigenvalue weighted by Gasteiger charge is -2.19. The highest BCUT2D eigenvalue weighted by molar-refractivity contribution is 6.32. The van der Waals surface area contributed by atoms with Gasteiger partial charge in [-0.15, -0.1) is 10.2 Å². The second-order valence-electron chi connectivity index (χ2n) is 7.95. The van der Waals surface area contributed by atoms with E-state index in [0.29, 0.717) is 52.4 Å². The molecule has 7 nitrogen and oxygen atoms in total. The molecule has 9 heteroatoms. The molecule has 0 atom stereocenters. The van der Waals surface area contributed by atoms with E-state index in [1.54, 1.807) is 24.3 Å². The molecule has 33 heavy (non-hydrogen) atoms. The summed E-state index contributed by atoms with van der Waals surface area (Å²) in [5.41, 5.74) is 1.48. The fraction of sp³-hybridized carbons (Fsp3) is 0.292. The van der Waals surface area contributed by atoms with Gasteiger partial charge in [0, 0.05) is 24.7 Å². The molecule has 2 aromatic carbocycles. The molecule has 0 spiro atoms. The second-order valence-corrected chi connectivity index (χ2v) is 8.35. The number of nitrogens with zero attached hydrogens (tertiary/aromatic N) is 3. The number of ether oxygens (including phenoxy) is 2.